The van der Waals surface area contributed by atoms with E-state index in [1.807, 2.05) is 24.5 Å². The van der Waals surface area contributed by atoms with Crippen LogP contribution in [0.25, 0.3) is 21.5 Å². The summed E-state index contributed by atoms with van der Waals surface area (Å²) in [5.41, 5.74) is 7.82. The highest BCUT2D eigenvalue weighted by atomic mass is 32.1. The number of nitrogens with zero attached hydrogens (tertiary/aromatic N) is 4. The van der Waals surface area contributed by atoms with Gasteiger partial charge in [0, 0.05) is 30.6 Å². The maximum atomic E-state index is 14.6. The molecule has 4 aromatic rings. The Morgan fingerprint density at radius 3 is 2.88 bits per heavy atom. The third-order valence-electron chi connectivity index (χ3n) is 5.34. The van der Waals surface area contributed by atoms with E-state index >= 15 is 0 Å². The van der Waals surface area contributed by atoms with Gasteiger partial charge in [0.25, 0.3) is 0 Å². The molecule has 0 aliphatic heterocycles. The van der Waals surface area contributed by atoms with Gasteiger partial charge in [0.15, 0.2) is 5.84 Å². The van der Waals surface area contributed by atoms with Crippen LogP contribution in [0.15, 0.2) is 41.8 Å². The predicted octanol–water partition coefficient (Wildman–Crippen LogP) is 4.22. The number of anilines is 1. The summed E-state index contributed by atoms with van der Waals surface area (Å²) in [5.74, 6) is 1.49. The van der Waals surface area contributed by atoms with Gasteiger partial charge in [-0.05, 0) is 26.0 Å². The van der Waals surface area contributed by atoms with Crippen LogP contribution in [0.4, 0.5) is 10.2 Å². The van der Waals surface area contributed by atoms with Gasteiger partial charge in [-0.3, -0.25) is 0 Å². The van der Waals surface area contributed by atoms with Crippen molar-refractivity contribution >= 4 is 33.9 Å². The van der Waals surface area contributed by atoms with Crippen molar-refractivity contribution in [3.8, 4) is 22.1 Å². The van der Waals surface area contributed by atoms with E-state index in [0.29, 0.717) is 53.1 Å². The van der Waals surface area contributed by atoms with Gasteiger partial charge in [-0.1, -0.05) is 11.2 Å². The normalized spacial score (nSPS) is 11.7. The lowest BCUT2D eigenvalue weighted by Gasteiger charge is -2.11. The highest BCUT2D eigenvalue weighted by Crippen LogP contribution is 2.36. The van der Waals surface area contributed by atoms with Crippen molar-refractivity contribution in [1.29, 1.82) is 0 Å². The number of halogens is 1. The molecule has 0 aliphatic rings. The number of oxime groups is 1. The van der Waals surface area contributed by atoms with Crippen LogP contribution in [0.2, 0.25) is 0 Å². The smallest absolute Gasteiger partial charge is 0.184 e. The number of amidine groups is 1. The van der Waals surface area contributed by atoms with Crippen molar-refractivity contribution in [2.75, 3.05) is 25.6 Å². The average molecular weight is 485 g/mol. The van der Waals surface area contributed by atoms with Crippen LogP contribution in [0.3, 0.4) is 0 Å². The first-order valence-corrected chi connectivity index (χ1v) is 11.4. The predicted molar refractivity (Wildman–Crippen MR) is 131 cm³/mol. The molecule has 34 heavy (non-hydrogen) atoms. The van der Waals surface area contributed by atoms with Crippen molar-refractivity contribution in [2.45, 2.75) is 20.4 Å². The third-order valence-corrected chi connectivity index (χ3v) is 6.50. The van der Waals surface area contributed by atoms with Crippen LogP contribution in [0, 0.1) is 12.7 Å². The number of benzene rings is 1. The molecule has 0 unspecified atom stereocenters. The van der Waals surface area contributed by atoms with E-state index in [-0.39, 0.29) is 11.7 Å². The molecule has 1 aromatic carbocycles. The van der Waals surface area contributed by atoms with Crippen LogP contribution in [-0.2, 0) is 6.54 Å². The van der Waals surface area contributed by atoms with Crippen molar-refractivity contribution in [3.63, 3.8) is 0 Å². The molecule has 4 rings (SSSR count). The van der Waals surface area contributed by atoms with E-state index in [1.165, 1.54) is 23.7 Å². The highest BCUT2D eigenvalue weighted by Gasteiger charge is 2.18. The summed E-state index contributed by atoms with van der Waals surface area (Å²) in [6.45, 7) is 5.22. The third kappa shape index (κ3) is 4.34. The van der Waals surface area contributed by atoms with E-state index in [2.05, 4.69) is 20.4 Å². The largest absolute Gasteiger partial charge is 0.494 e. The molecule has 4 N–H and O–H groups in total. The molecular formula is C23H25FN6O3S. The minimum absolute atomic E-state index is 0.0240. The van der Waals surface area contributed by atoms with Gasteiger partial charge in [0.2, 0.25) is 0 Å². The summed E-state index contributed by atoms with van der Waals surface area (Å²) in [5, 5.41) is 16.2. The topological polar surface area (TPSA) is 120 Å². The van der Waals surface area contributed by atoms with Gasteiger partial charge in [0.05, 0.1) is 35.5 Å². The zero-order valence-corrected chi connectivity index (χ0v) is 19.8. The number of ether oxygens (including phenoxy) is 2. The van der Waals surface area contributed by atoms with Crippen molar-refractivity contribution < 1.29 is 19.1 Å². The summed E-state index contributed by atoms with van der Waals surface area (Å²) in [6, 6.07) is 8.59. The van der Waals surface area contributed by atoms with E-state index in [0.717, 1.165) is 16.0 Å². The van der Waals surface area contributed by atoms with E-state index < -0.39 is 0 Å². The maximum absolute atomic E-state index is 14.6. The Morgan fingerprint density at radius 1 is 1.32 bits per heavy atom. The zero-order chi connectivity index (χ0) is 24.2. The lowest BCUT2D eigenvalue weighted by molar-refractivity contribution is 0.317. The van der Waals surface area contributed by atoms with Gasteiger partial charge in [-0.25, -0.2) is 14.4 Å². The molecule has 3 heterocycles. The number of hydrogen-bond donors (Lipinski definition) is 3. The molecule has 11 heteroatoms. The van der Waals surface area contributed by atoms with Gasteiger partial charge >= 0.3 is 0 Å². The van der Waals surface area contributed by atoms with Gasteiger partial charge in [-0.2, -0.15) is 0 Å². The number of hydrogen-bond acceptors (Lipinski definition) is 8. The first-order valence-electron chi connectivity index (χ1n) is 10.6. The molecule has 9 nitrogen and oxygen atoms in total. The van der Waals surface area contributed by atoms with Crippen molar-refractivity contribution in [2.24, 2.45) is 10.9 Å². The number of aromatic nitrogens is 3. The number of para-hydroxylation sites is 1. The molecule has 0 amide bonds. The molecule has 0 saturated heterocycles. The van der Waals surface area contributed by atoms with E-state index in [9.17, 15) is 4.39 Å². The molecule has 0 aliphatic carbocycles. The Labute approximate surface area is 199 Å². The lowest BCUT2D eigenvalue weighted by Crippen LogP contribution is -2.13. The zero-order valence-electron chi connectivity index (χ0n) is 19.0. The Balaban J connectivity index is 1.55. The van der Waals surface area contributed by atoms with Gasteiger partial charge < -0.3 is 30.3 Å². The lowest BCUT2D eigenvalue weighted by atomic mass is 10.2. The summed E-state index contributed by atoms with van der Waals surface area (Å²) < 4.78 is 27.6. The van der Waals surface area contributed by atoms with Crippen LogP contribution in [0.1, 0.15) is 17.5 Å². The second-order valence-corrected chi connectivity index (χ2v) is 8.40. The molecule has 0 fully saturated rings. The number of rotatable bonds is 9. The van der Waals surface area contributed by atoms with Crippen molar-refractivity contribution in [1.82, 2.24) is 14.5 Å². The number of thiophene rings is 1. The van der Waals surface area contributed by atoms with E-state index in [4.69, 9.17) is 20.4 Å². The summed E-state index contributed by atoms with van der Waals surface area (Å²) >= 11 is 1.31. The Morgan fingerprint density at radius 2 is 2.15 bits per heavy atom. The Kier molecular flexibility index (Phi) is 6.82. The van der Waals surface area contributed by atoms with Crippen molar-refractivity contribution in [3.05, 3.63) is 53.0 Å². The Bertz CT molecular complexity index is 1350. The highest BCUT2D eigenvalue weighted by molar-refractivity contribution is 7.17. The Hall–Kier alpha value is -3.86. The molecule has 178 valence electrons. The fraction of sp³-hybridized carbons (Fsp3) is 0.261. The molecule has 0 spiro atoms. The first-order chi connectivity index (χ1) is 16.5. The molecule has 0 bridgehead atoms. The van der Waals surface area contributed by atoms with Crippen LogP contribution < -0.4 is 20.5 Å². The second kappa shape index (κ2) is 9.96. The molecule has 0 radical (unpaired) electrons. The molecule has 0 saturated carbocycles. The summed E-state index contributed by atoms with van der Waals surface area (Å²) in [7, 11) is 1.59. The standard InChI is InChI=1S/C23H25FN6O3S/c1-4-33-17-11-18(34-22(17)23(25)29-31)16-10-19(28-12-27-16)26-8-9-30-13(2)21(32-3)14-6-5-7-15(24)20(14)30/h5-7,10-12,31H,4,8-9H2,1-3H3,(H2,25,29)(H,26,27,28). The van der Waals surface area contributed by atoms with Gasteiger partial charge in [-0.15, -0.1) is 11.3 Å². The summed E-state index contributed by atoms with van der Waals surface area (Å²) in [4.78, 5) is 9.95. The molecule has 0 atom stereocenters. The van der Waals surface area contributed by atoms with Crippen LogP contribution in [-0.4, -0.2) is 45.8 Å². The van der Waals surface area contributed by atoms with Crippen LogP contribution in [0.5, 0.6) is 11.5 Å². The quantitative estimate of drug-likeness (QED) is 0.141. The van der Waals surface area contributed by atoms with Crippen LogP contribution >= 0.6 is 11.3 Å². The minimum atomic E-state index is -0.294. The maximum Gasteiger partial charge on any atom is 0.184 e. The van der Waals surface area contributed by atoms with Gasteiger partial charge in [0.1, 0.15) is 34.3 Å². The first kappa shape index (κ1) is 23.3. The monoisotopic (exact) mass is 484 g/mol. The number of methoxy groups -OCH3 is 1. The number of fused-ring (bicyclic) bond motifs is 1. The fourth-order valence-corrected chi connectivity index (χ4v) is 4.83. The number of nitrogens with two attached hydrogens (primary N) is 1. The average Bonchev–Trinajstić information content (AvgIpc) is 3.38. The molecule has 3 aromatic heterocycles. The minimum Gasteiger partial charge on any atom is -0.494 e. The fourth-order valence-electron chi connectivity index (χ4n) is 3.87. The van der Waals surface area contributed by atoms with E-state index in [1.54, 1.807) is 25.3 Å². The number of nitrogens with one attached hydrogen (secondary N) is 1. The summed E-state index contributed by atoms with van der Waals surface area (Å²) in [6.07, 6.45) is 1.46. The molecular weight excluding hydrogens is 459 g/mol. The second-order valence-electron chi connectivity index (χ2n) is 7.34. The SMILES string of the molecule is CCOc1cc(-c2cc(NCCn3c(C)c(OC)c4cccc(F)c43)ncn2)sc1/C(N)=N/O.